The molecule has 0 aromatic heterocycles. The summed E-state index contributed by atoms with van der Waals surface area (Å²) in [5, 5.41) is 0.337. The second kappa shape index (κ2) is 8.92. The summed E-state index contributed by atoms with van der Waals surface area (Å²) in [6.07, 6.45) is 2.32. The van der Waals surface area contributed by atoms with E-state index in [1.54, 1.807) is 26.0 Å². The molecule has 0 spiro atoms. The highest BCUT2D eigenvalue weighted by Crippen LogP contribution is 2.33. The molecule has 23 heavy (non-hydrogen) atoms. The molecule has 0 saturated carbocycles. The van der Waals surface area contributed by atoms with Gasteiger partial charge in [-0.2, -0.15) is 0 Å². The normalized spacial score (nSPS) is 11.2. The summed E-state index contributed by atoms with van der Waals surface area (Å²) in [5.74, 6) is -0.870. The lowest BCUT2D eigenvalue weighted by Crippen LogP contribution is -2.42. The zero-order valence-corrected chi connectivity index (χ0v) is 15.0. The molecule has 0 N–H and O–H groups in total. The number of hydrogen-bond donors (Lipinski definition) is 0. The number of halogens is 1. The second-order valence-corrected chi connectivity index (χ2v) is 6.01. The van der Waals surface area contributed by atoms with Gasteiger partial charge < -0.3 is 9.47 Å². The van der Waals surface area contributed by atoms with Crippen molar-refractivity contribution in [2.75, 3.05) is 6.61 Å². The maximum absolute atomic E-state index is 12.7. The molecular formula is C18H25ClO4. The fourth-order valence-corrected chi connectivity index (χ4v) is 2.40. The molecule has 0 radical (unpaired) electrons. The van der Waals surface area contributed by atoms with Gasteiger partial charge in [-0.15, -0.1) is 0 Å². The number of carbonyl (C=O) groups is 2. The van der Waals surface area contributed by atoms with Crippen LogP contribution in [0.2, 0.25) is 5.02 Å². The van der Waals surface area contributed by atoms with Gasteiger partial charge in [0.05, 0.1) is 11.6 Å². The molecule has 0 heterocycles. The zero-order chi connectivity index (χ0) is 17.5. The molecule has 0 aliphatic rings. The largest absolute Gasteiger partial charge is 0.465 e. The van der Waals surface area contributed by atoms with Gasteiger partial charge in [-0.25, -0.2) is 0 Å². The Morgan fingerprint density at radius 1 is 1.13 bits per heavy atom. The molecule has 0 saturated heterocycles. The average molecular weight is 341 g/mol. The van der Waals surface area contributed by atoms with E-state index >= 15 is 0 Å². The van der Waals surface area contributed by atoms with Gasteiger partial charge in [0.25, 0.3) is 0 Å². The molecule has 0 aliphatic heterocycles. The molecule has 4 nitrogen and oxygen atoms in total. The first-order valence-electron chi connectivity index (χ1n) is 8.06. The maximum Gasteiger partial charge on any atom is 0.328 e. The highest BCUT2D eigenvalue weighted by molar-refractivity contribution is 6.32. The van der Waals surface area contributed by atoms with Crippen molar-refractivity contribution in [3.05, 3.63) is 28.8 Å². The molecule has 0 amide bonds. The van der Waals surface area contributed by atoms with Gasteiger partial charge in [0, 0.05) is 0 Å². The minimum atomic E-state index is -1.29. The third-order valence-corrected chi connectivity index (χ3v) is 4.32. The summed E-state index contributed by atoms with van der Waals surface area (Å²) < 4.78 is 10.7. The van der Waals surface area contributed by atoms with Crippen molar-refractivity contribution in [1.29, 1.82) is 0 Å². The molecule has 0 fully saturated rings. The van der Waals surface area contributed by atoms with Crippen molar-refractivity contribution in [1.82, 2.24) is 0 Å². The van der Waals surface area contributed by atoms with E-state index in [0.717, 1.165) is 18.4 Å². The van der Waals surface area contributed by atoms with Crippen LogP contribution < -0.4 is 4.74 Å². The van der Waals surface area contributed by atoms with E-state index in [-0.39, 0.29) is 5.75 Å². The van der Waals surface area contributed by atoms with E-state index in [4.69, 9.17) is 21.1 Å². The number of esters is 2. The lowest BCUT2D eigenvalue weighted by Gasteiger charge is -2.27. The average Bonchev–Trinajstić information content (AvgIpc) is 2.53. The number of rotatable bonds is 8. The number of hydrogen-bond acceptors (Lipinski definition) is 4. The minimum Gasteiger partial charge on any atom is -0.465 e. The van der Waals surface area contributed by atoms with Crippen molar-refractivity contribution in [2.45, 2.75) is 53.4 Å². The zero-order valence-electron chi connectivity index (χ0n) is 14.3. The SMILES string of the molecule is CCCCOC(=O)C(CC)(CC)C(=O)Oc1cc(C)ccc1Cl. The molecule has 128 valence electrons. The van der Waals surface area contributed by atoms with Gasteiger partial charge in [0.2, 0.25) is 0 Å². The Kier molecular flexibility index (Phi) is 7.56. The number of ether oxygens (including phenoxy) is 2. The summed E-state index contributed by atoms with van der Waals surface area (Å²) >= 11 is 6.07. The van der Waals surface area contributed by atoms with Crippen LogP contribution in [0.5, 0.6) is 5.75 Å². The van der Waals surface area contributed by atoms with Crippen molar-refractivity contribution >= 4 is 23.5 Å². The van der Waals surface area contributed by atoms with Crippen molar-refractivity contribution in [3.8, 4) is 5.75 Å². The number of carbonyl (C=O) groups excluding carboxylic acids is 2. The van der Waals surface area contributed by atoms with E-state index in [2.05, 4.69) is 0 Å². The Morgan fingerprint density at radius 3 is 2.35 bits per heavy atom. The van der Waals surface area contributed by atoms with Crippen LogP contribution in [0.3, 0.4) is 0 Å². The fraction of sp³-hybridized carbons (Fsp3) is 0.556. The highest BCUT2D eigenvalue weighted by Gasteiger charge is 2.46. The highest BCUT2D eigenvalue weighted by atomic mass is 35.5. The molecule has 1 aromatic rings. The molecule has 0 unspecified atom stereocenters. The van der Waals surface area contributed by atoms with E-state index in [1.807, 2.05) is 19.9 Å². The Hall–Kier alpha value is -1.55. The van der Waals surface area contributed by atoms with Crippen molar-refractivity contribution in [2.24, 2.45) is 5.41 Å². The quantitative estimate of drug-likeness (QED) is 0.298. The third-order valence-electron chi connectivity index (χ3n) is 4.01. The first-order chi connectivity index (χ1) is 10.9. The van der Waals surface area contributed by atoms with Gasteiger partial charge in [0.15, 0.2) is 5.41 Å². The predicted octanol–water partition coefficient (Wildman–Crippen LogP) is 4.70. The lowest BCUT2D eigenvalue weighted by atomic mass is 9.82. The van der Waals surface area contributed by atoms with Gasteiger partial charge in [-0.1, -0.05) is 44.9 Å². The summed E-state index contributed by atoms with van der Waals surface area (Å²) in [4.78, 5) is 25.1. The number of unbranched alkanes of at least 4 members (excludes halogenated alkanes) is 1. The van der Waals surface area contributed by atoms with Gasteiger partial charge >= 0.3 is 11.9 Å². The van der Waals surface area contributed by atoms with Crippen LogP contribution >= 0.6 is 11.6 Å². The van der Waals surface area contributed by atoms with Crippen LogP contribution in [0.4, 0.5) is 0 Å². The van der Waals surface area contributed by atoms with Crippen LogP contribution in [-0.2, 0) is 14.3 Å². The van der Waals surface area contributed by atoms with E-state index in [0.29, 0.717) is 24.5 Å². The molecule has 0 bridgehead atoms. The minimum absolute atomic E-state index is 0.268. The third kappa shape index (κ3) is 4.71. The molecular weight excluding hydrogens is 316 g/mol. The molecule has 0 atom stereocenters. The summed E-state index contributed by atoms with van der Waals surface area (Å²) in [6, 6.07) is 5.17. The fourth-order valence-electron chi connectivity index (χ4n) is 2.24. The van der Waals surface area contributed by atoms with Crippen LogP contribution in [0, 0.1) is 12.3 Å². The Morgan fingerprint density at radius 2 is 1.78 bits per heavy atom. The van der Waals surface area contributed by atoms with Gasteiger partial charge in [0.1, 0.15) is 5.75 Å². The first kappa shape index (κ1) is 19.5. The van der Waals surface area contributed by atoms with E-state index < -0.39 is 17.4 Å². The molecule has 0 aliphatic carbocycles. The van der Waals surface area contributed by atoms with Gasteiger partial charge in [-0.05, 0) is 43.9 Å². The molecule has 5 heteroatoms. The van der Waals surface area contributed by atoms with E-state index in [9.17, 15) is 9.59 Å². The number of aryl methyl sites for hydroxylation is 1. The van der Waals surface area contributed by atoms with Crippen molar-refractivity contribution in [3.63, 3.8) is 0 Å². The Balaban J connectivity index is 2.97. The summed E-state index contributed by atoms with van der Waals surface area (Å²) in [7, 11) is 0. The van der Waals surface area contributed by atoms with Crippen molar-refractivity contribution < 1.29 is 19.1 Å². The second-order valence-electron chi connectivity index (χ2n) is 5.60. The maximum atomic E-state index is 12.7. The molecule has 1 aromatic carbocycles. The standard InChI is InChI=1S/C18H25ClO4/c1-5-8-11-22-16(20)18(6-2,7-3)17(21)23-15-12-13(4)9-10-14(15)19/h9-10,12H,5-8,11H2,1-4H3. The number of benzene rings is 1. The summed E-state index contributed by atoms with van der Waals surface area (Å²) in [5.41, 5.74) is -0.373. The topological polar surface area (TPSA) is 52.6 Å². The first-order valence-corrected chi connectivity index (χ1v) is 8.44. The smallest absolute Gasteiger partial charge is 0.328 e. The predicted molar refractivity (Wildman–Crippen MR) is 90.7 cm³/mol. The van der Waals surface area contributed by atoms with Crippen LogP contribution in [0.25, 0.3) is 0 Å². The Bertz CT molecular complexity index is 550. The van der Waals surface area contributed by atoms with Crippen LogP contribution in [0.15, 0.2) is 18.2 Å². The summed E-state index contributed by atoms with van der Waals surface area (Å²) in [6.45, 7) is 7.76. The van der Waals surface area contributed by atoms with Gasteiger partial charge in [-0.3, -0.25) is 9.59 Å². The van der Waals surface area contributed by atoms with Crippen LogP contribution in [-0.4, -0.2) is 18.5 Å². The van der Waals surface area contributed by atoms with E-state index in [1.165, 1.54) is 0 Å². The monoisotopic (exact) mass is 340 g/mol. The van der Waals surface area contributed by atoms with Crippen LogP contribution in [0.1, 0.15) is 52.0 Å². The lowest BCUT2D eigenvalue weighted by molar-refractivity contribution is -0.168. The molecule has 1 rings (SSSR count). The Labute approximate surface area is 143 Å².